The van der Waals surface area contributed by atoms with Gasteiger partial charge in [-0.25, -0.2) is 0 Å². The predicted molar refractivity (Wildman–Crippen MR) is 81.6 cm³/mol. The largest absolute Gasteiger partial charge is 0.491 e. The van der Waals surface area contributed by atoms with E-state index in [0.29, 0.717) is 6.61 Å². The molecule has 1 aliphatic rings. The number of ether oxygens (including phenoxy) is 1. The summed E-state index contributed by atoms with van der Waals surface area (Å²) >= 11 is 1.85. The van der Waals surface area contributed by atoms with Crippen LogP contribution in [0.25, 0.3) is 0 Å². The van der Waals surface area contributed by atoms with Gasteiger partial charge in [0.25, 0.3) is 0 Å². The van der Waals surface area contributed by atoms with E-state index in [4.69, 9.17) is 10.5 Å². The molecule has 0 aliphatic heterocycles. The topological polar surface area (TPSA) is 55.5 Å². The lowest BCUT2D eigenvalue weighted by Gasteiger charge is -2.13. The highest BCUT2D eigenvalue weighted by Gasteiger charge is 2.15. The molecule has 1 aromatic carbocycles. The van der Waals surface area contributed by atoms with Gasteiger partial charge in [-0.05, 0) is 48.8 Å². The van der Waals surface area contributed by atoms with Crippen molar-refractivity contribution in [2.75, 3.05) is 23.8 Å². The molecule has 0 spiro atoms. The van der Waals surface area contributed by atoms with Crippen molar-refractivity contribution < 1.29 is 9.84 Å². The van der Waals surface area contributed by atoms with E-state index in [1.807, 2.05) is 23.9 Å². The van der Waals surface area contributed by atoms with Gasteiger partial charge in [-0.2, -0.15) is 11.8 Å². The number of hydrogen-bond donors (Lipinski definition) is 2. The van der Waals surface area contributed by atoms with E-state index in [1.54, 1.807) is 12.1 Å². The van der Waals surface area contributed by atoms with Crippen LogP contribution < -0.4 is 10.5 Å². The van der Waals surface area contributed by atoms with E-state index >= 15 is 0 Å². The van der Waals surface area contributed by atoms with Crippen molar-refractivity contribution in [1.82, 2.24) is 0 Å². The first-order valence-corrected chi connectivity index (χ1v) is 8.13. The summed E-state index contributed by atoms with van der Waals surface area (Å²) in [6.07, 6.45) is 5.10. The van der Waals surface area contributed by atoms with Crippen LogP contribution in [0.15, 0.2) is 24.3 Å². The van der Waals surface area contributed by atoms with Crippen molar-refractivity contribution in [3.63, 3.8) is 0 Å². The molecule has 1 atom stereocenters. The molecule has 3 nitrogen and oxygen atoms in total. The first-order valence-electron chi connectivity index (χ1n) is 6.98. The fourth-order valence-electron chi connectivity index (χ4n) is 2.35. The Balaban J connectivity index is 1.58. The summed E-state index contributed by atoms with van der Waals surface area (Å²) in [7, 11) is 0. The van der Waals surface area contributed by atoms with Crippen molar-refractivity contribution >= 4 is 17.4 Å². The molecule has 0 amide bonds. The van der Waals surface area contributed by atoms with Crippen LogP contribution in [-0.4, -0.2) is 29.3 Å². The number of hydrogen-bond acceptors (Lipinski definition) is 4. The fraction of sp³-hybridized carbons (Fsp3) is 0.600. The van der Waals surface area contributed by atoms with Gasteiger partial charge in [-0.3, -0.25) is 0 Å². The summed E-state index contributed by atoms with van der Waals surface area (Å²) in [5.41, 5.74) is 6.32. The Morgan fingerprint density at radius 2 is 1.95 bits per heavy atom. The maximum atomic E-state index is 9.87. The van der Waals surface area contributed by atoms with Gasteiger partial charge in [-0.15, -0.1) is 0 Å². The lowest BCUT2D eigenvalue weighted by Crippen LogP contribution is -2.20. The van der Waals surface area contributed by atoms with Crippen molar-refractivity contribution in [2.24, 2.45) is 5.92 Å². The number of nitrogens with two attached hydrogens (primary N) is 1. The normalized spacial score (nSPS) is 17.5. The third kappa shape index (κ3) is 5.33. The van der Waals surface area contributed by atoms with Crippen LogP contribution in [0.2, 0.25) is 0 Å². The molecule has 1 unspecified atom stereocenters. The van der Waals surface area contributed by atoms with Crippen LogP contribution in [-0.2, 0) is 0 Å². The third-order valence-corrected chi connectivity index (χ3v) is 4.79. The molecule has 0 bridgehead atoms. The lowest BCUT2D eigenvalue weighted by molar-refractivity contribution is 0.126. The monoisotopic (exact) mass is 281 g/mol. The zero-order valence-electron chi connectivity index (χ0n) is 11.3. The Hall–Kier alpha value is -0.870. The molecule has 4 heteroatoms. The first-order chi connectivity index (χ1) is 9.24. The summed E-state index contributed by atoms with van der Waals surface area (Å²) in [6.45, 7) is 0.349. The van der Waals surface area contributed by atoms with Gasteiger partial charge in [0.05, 0.1) is 6.10 Å². The molecular weight excluding hydrogens is 258 g/mol. The SMILES string of the molecule is Nc1ccc(OCC(O)CSCC2CCCC2)cc1. The Bertz CT molecular complexity index is 363. The predicted octanol–water partition coefficient (Wildman–Crippen LogP) is 2.93. The van der Waals surface area contributed by atoms with Gasteiger partial charge >= 0.3 is 0 Å². The molecule has 1 saturated carbocycles. The van der Waals surface area contributed by atoms with E-state index in [9.17, 15) is 5.11 Å². The second kappa shape index (κ2) is 7.65. The molecule has 3 N–H and O–H groups in total. The number of thioether (sulfide) groups is 1. The number of aliphatic hydroxyl groups excluding tert-OH is 1. The van der Waals surface area contributed by atoms with Gasteiger partial charge in [0.15, 0.2) is 0 Å². The Morgan fingerprint density at radius 3 is 2.63 bits per heavy atom. The van der Waals surface area contributed by atoms with Crippen LogP contribution in [0.1, 0.15) is 25.7 Å². The van der Waals surface area contributed by atoms with Crippen LogP contribution in [0.5, 0.6) is 5.75 Å². The van der Waals surface area contributed by atoms with E-state index < -0.39 is 6.10 Å². The number of anilines is 1. The zero-order valence-corrected chi connectivity index (χ0v) is 12.1. The van der Waals surface area contributed by atoms with Crippen molar-refractivity contribution in [3.8, 4) is 5.75 Å². The van der Waals surface area contributed by atoms with Gasteiger partial charge in [0.2, 0.25) is 0 Å². The van der Waals surface area contributed by atoms with Gasteiger partial charge in [-0.1, -0.05) is 12.8 Å². The van der Waals surface area contributed by atoms with Crippen molar-refractivity contribution in [3.05, 3.63) is 24.3 Å². The Kier molecular flexibility index (Phi) is 5.86. The standard InChI is InChI=1S/C15H23NO2S/c16-13-5-7-15(8-6-13)18-9-14(17)11-19-10-12-3-1-2-4-12/h5-8,12,14,17H,1-4,9-11,16H2. The summed E-state index contributed by atoms with van der Waals surface area (Å²) in [4.78, 5) is 0. The first kappa shape index (κ1) is 14.5. The summed E-state index contributed by atoms with van der Waals surface area (Å²) in [5, 5.41) is 9.87. The molecule has 1 fully saturated rings. The molecule has 1 aliphatic carbocycles. The van der Waals surface area contributed by atoms with Crippen molar-refractivity contribution in [2.45, 2.75) is 31.8 Å². The number of benzene rings is 1. The molecule has 0 aromatic heterocycles. The molecule has 19 heavy (non-hydrogen) atoms. The average Bonchev–Trinajstić information content (AvgIpc) is 2.91. The summed E-state index contributed by atoms with van der Waals surface area (Å²) < 4.78 is 5.53. The quantitative estimate of drug-likeness (QED) is 0.755. The smallest absolute Gasteiger partial charge is 0.119 e. The van der Waals surface area contributed by atoms with Crippen LogP contribution in [0.3, 0.4) is 0 Å². The molecule has 2 rings (SSSR count). The fourth-order valence-corrected chi connectivity index (χ4v) is 3.52. The minimum absolute atomic E-state index is 0.349. The van der Waals surface area contributed by atoms with E-state index in [1.165, 1.54) is 31.4 Å². The molecule has 1 aromatic rings. The molecular formula is C15H23NO2S. The zero-order chi connectivity index (χ0) is 13.5. The van der Waals surface area contributed by atoms with E-state index in [-0.39, 0.29) is 0 Å². The second-order valence-corrected chi connectivity index (χ2v) is 6.30. The van der Waals surface area contributed by atoms with Crippen molar-refractivity contribution in [1.29, 1.82) is 0 Å². The highest BCUT2D eigenvalue weighted by atomic mass is 32.2. The number of rotatable bonds is 7. The highest BCUT2D eigenvalue weighted by molar-refractivity contribution is 7.99. The van der Waals surface area contributed by atoms with E-state index in [2.05, 4.69) is 0 Å². The average molecular weight is 281 g/mol. The third-order valence-electron chi connectivity index (χ3n) is 3.46. The van der Waals surface area contributed by atoms with Crippen LogP contribution >= 0.6 is 11.8 Å². The molecule has 106 valence electrons. The number of aliphatic hydroxyl groups is 1. The summed E-state index contributed by atoms with van der Waals surface area (Å²) in [6, 6.07) is 7.26. The summed E-state index contributed by atoms with van der Waals surface area (Å²) in [5.74, 6) is 3.56. The lowest BCUT2D eigenvalue weighted by atomic mass is 10.1. The van der Waals surface area contributed by atoms with Crippen LogP contribution in [0, 0.1) is 5.92 Å². The molecule has 0 saturated heterocycles. The maximum Gasteiger partial charge on any atom is 0.119 e. The molecule has 0 heterocycles. The minimum atomic E-state index is -0.399. The van der Waals surface area contributed by atoms with Gasteiger partial charge in [0.1, 0.15) is 12.4 Å². The van der Waals surface area contributed by atoms with Gasteiger partial charge < -0.3 is 15.6 Å². The highest BCUT2D eigenvalue weighted by Crippen LogP contribution is 2.28. The van der Waals surface area contributed by atoms with E-state index in [0.717, 1.165) is 23.1 Å². The maximum absolute atomic E-state index is 9.87. The Morgan fingerprint density at radius 1 is 1.26 bits per heavy atom. The Labute approximate surface area is 119 Å². The molecule has 0 radical (unpaired) electrons. The minimum Gasteiger partial charge on any atom is -0.491 e. The van der Waals surface area contributed by atoms with Gasteiger partial charge in [0, 0.05) is 11.4 Å². The second-order valence-electron chi connectivity index (χ2n) is 5.22. The van der Waals surface area contributed by atoms with Crippen LogP contribution in [0.4, 0.5) is 5.69 Å². The number of nitrogen functional groups attached to an aromatic ring is 1.